The molecule has 1 aromatic heterocycles. The smallest absolute Gasteiger partial charge is 0.270 e. The van der Waals surface area contributed by atoms with Gasteiger partial charge in [-0.15, -0.1) is 11.3 Å². The van der Waals surface area contributed by atoms with Crippen molar-refractivity contribution in [1.29, 1.82) is 0 Å². The highest BCUT2D eigenvalue weighted by molar-refractivity contribution is 8.15. The van der Waals surface area contributed by atoms with Crippen LogP contribution in [0.2, 0.25) is 0 Å². The van der Waals surface area contributed by atoms with Gasteiger partial charge in [0.2, 0.25) is 0 Å². The zero-order chi connectivity index (χ0) is 14.6. The first-order valence-electron chi connectivity index (χ1n) is 6.08. The molecule has 0 aliphatic carbocycles. The zero-order valence-electron chi connectivity index (χ0n) is 11.1. The summed E-state index contributed by atoms with van der Waals surface area (Å²) in [6, 6.07) is 1.36. The fourth-order valence-electron chi connectivity index (χ4n) is 1.70. The largest absolute Gasteiger partial charge is 0.350 e. The lowest BCUT2D eigenvalue weighted by atomic mass is 10.0. The predicted molar refractivity (Wildman–Crippen MR) is 78.4 cm³/mol. The van der Waals surface area contributed by atoms with E-state index in [2.05, 4.69) is 19.2 Å². The molecule has 4 nitrogen and oxygen atoms in total. The van der Waals surface area contributed by atoms with Gasteiger partial charge in [0.25, 0.3) is 15.0 Å². The van der Waals surface area contributed by atoms with Crippen LogP contribution in [0.4, 0.5) is 0 Å². The Labute approximate surface area is 122 Å². The molecule has 1 amide bonds. The Balaban J connectivity index is 2.66. The summed E-state index contributed by atoms with van der Waals surface area (Å²) in [6.07, 6.45) is 1.96. The zero-order valence-corrected chi connectivity index (χ0v) is 13.5. The van der Waals surface area contributed by atoms with Gasteiger partial charge < -0.3 is 5.32 Å². The predicted octanol–water partition coefficient (Wildman–Crippen LogP) is 3.23. The van der Waals surface area contributed by atoms with Gasteiger partial charge in [0.15, 0.2) is 0 Å². The summed E-state index contributed by atoms with van der Waals surface area (Å²) in [6.45, 7) is 6.18. The summed E-state index contributed by atoms with van der Waals surface area (Å²) in [7, 11) is 1.46. The van der Waals surface area contributed by atoms with E-state index in [-0.39, 0.29) is 16.2 Å². The van der Waals surface area contributed by atoms with Crippen LogP contribution >= 0.6 is 22.0 Å². The highest BCUT2D eigenvalue weighted by Gasteiger charge is 2.18. The Morgan fingerprint density at radius 1 is 1.47 bits per heavy atom. The molecule has 0 aromatic carbocycles. The number of nitrogens with one attached hydrogen (secondary N) is 1. The fourth-order valence-corrected chi connectivity index (χ4v) is 3.65. The number of amides is 1. The van der Waals surface area contributed by atoms with Gasteiger partial charge in [-0.25, -0.2) is 8.42 Å². The van der Waals surface area contributed by atoms with Gasteiger partial charge in [-0.3, -0.25) is 4.79 Å². The van der Waals surface area contributed by atoms with Crippen LogP contribution in [0.25, 0.3) is 0 Å². The molecule has 2 atom stereocenters. The molecule has 0 fully saturated rings. The average molecular weight is 324 g/mol. The van der Waals surface area contributed by atoms with E-state index in [1.165, 1.54) is 11.4 Å². The van der Waals surface area contributed by atoms with Crippen LogP contribution in [0.5, 0.6) is 0 Å². The highest BCUT2D eigenvalue weighted by Crippen LogP contribution is 2.23. The first-order chi connectivity index (χ1) is 8.74. The lowest BCUT2D eigenvalue weighted by Gasteiger charge is -2.17. The summed E-state index contributed by atoms with van der Waals surface area (Å²) in [5.41, 5.74) is 0.334. The second-order valence-electron chi connectivity index (χ2n) is 4.72. The third-order valence-electron chi connectivity index (χ3n) is 2.91. The van der Waals surface area contributed by atoms with E-state index in [0.717, 1.165) is 24.2 Å². The van der Waals surface area contributed by atoms with Crippen molar-refractivity contribution in [3.8, 4) is 0 Å². The van der Waals surface area contributed by atoms with Crippen molar-refractivity contribution in [2.24, 2.45) is 5.92 Å². The van der Waals surface area contributed by atoms with Gasteiger partial charge in [0.1, 0.15) is 4.21 Å². The van der Waals surface area contributed by atoms with Crippen molar-refractivity contribution in [3.05, 3.63) is 17.0 Å². The molecule has 1 heterocycles. The molecule has 2 unspecified atom stereocenters. The van der Waals surface area contributed by atoms with Crippen molar-refractivity contribution < 1.29 is 13.2 Å². The number of halogens is 1. The first-order valence-corrected chi connectivity index (χ1v) is 9.27. The van der Waals surface area contributed by atoms with Crippen LogP contribution in [0.3, 0.4) is 0 Å². The topological polar surface area (TPSA) is 63.2 Å². The number of rotatable bonds is 6. The van der Waals surface area contributed by atoms with Crippen molar-refractivity contribution in [1.82, 2.24) is 5.32 Å². The summed E-state index contributed by atoms with van der Waals surface area (Å²) < 4.78 is 22.2. The minimum absolute atomic E-state index is 0.00565. The van der Waals surface area contributed by atoms with Crippen LogP contribution in [0.15, 0.2) is 15.7 Å². The second kappa shape index (κ2) is 6.72. The van der Waals surface area contributed by atoms with E-state index in [4.69, 9.17) is 10.7 Å². The minimum atomic E-state index is -3.76. The van der Waals surface area contributed by atoms with E-state index in [9.17, 15) is 13.2 Å². The third kappa shape index (κ3) is 5.12. The maximum Gasteiger partial charge on any atom is 0.270 e. The van der Waals surface area contributed by atoms with Crippen molar-refractivity contribution in [2.45, 2.75) is 43.9 Å². The summed E-state index contributed by atoms with van der Waals surface area (Å²) >= 11 is 0.950. The molecule has 0 radical (unpaired) electrons. The summed E-state index contributed by atoms with van der Waals surface area (Å²) in [5, 5.41) is 4.36. The quantitative estimate of drug-likeness (QED) is 0.817. The molecule has 0 aliphatic heterocycles. The van der Waals surface area contributed by atoms with E-state index in [0.29, 0.717) is 11.5 Å². The Kier molecular flexibility index (Phi) is 5.82. The molecule has 0 bridgehead atoms. The molecule has 19 heavy (non-hydrogen) atoms. The van der Waals surface area contributed by atoms with Gasteiger partial charge in [-0.05, 0) is 25.3 Å². The lowest BCUT2D eigenvalue weighted by molar-refractivity contribution is 0.0935. The SMILES string of the molecule is CCC(C)CC(C)NC(=O)c1csc(S(=O)(=O)Cl)c1. The Morgan fingerprint density at radius 2 is 2.11 bits per heavy atom. The molecule has 0 saturated heterocycles. The van der Waals surface area contributed by atoms with Crippen molar-refractivity contribution >= 4 is 37.0 Å². The average Bonchev–Trinajstić information content (AvgIpc) is 2.77. The number of carbonyl (C=O) groups is 1. The van der Waals surface area contributed by atoms with Crippen LogP contribution < -0.4 is 5.32 Å². The van der Waals surface area contributed by atoms with Gasteiger partial charge in [0.05, 0.1) is 5.56 Å². The van der Waals surface area contributed by atoms with Crippen molar-refractivity contribution in [3.63, 3.8) is 0 Å². The molecular formula is C12H18ClNO3S2. The Bertz CT molecular complexity index is 539. The Morgan fingerprint density at radius 3 is 2.58 bits per heavy atom. The maximum atomic E-state index is 11.9. The number of thiophene rings is 1. The fraction of sp³-hybridized carbons (Fsp3) is 0.583. The molecular weight excluding hydrogens is 306 g/mol. The Hall–Kier alpha value is -0.590. The van der Waals surface area contributed by atoms with Crippen LogP contribution in [0, 0.1) is 5.92 Å². The molecule has 1 aromatic rings. The summed E-state index contributed by atoms with van der Waals surface area (Å²) in [4.78, 5) is 11.9. The van der Waals surface area contributed by atoms with Gasteiger partial charge in [0, 0.05) is 22.1 Å². The van der Waals surface area contributed by atoms with Gasteiger partial charge >= 0.3 is 0 Å². The van der Waals surface area contributed by atoms with E-state index < -0.39 is 9.05 Å². The molecule has 0 saturated carbocycles. The van der Waals surface area contributed by atoms with Crippen LogP contribution in [0.1, 0.15) is 44.0 Å². The van der Waals surface area contributed by atoms with Gasteiger partial charge in [-0.1, -0.05) is 20.3 Å². The minimum Gasteiger partial charge on any atom is -0.350 e. The monoisotopic (exact) mass is 323 g/mol. The second-order valence-corrected chi connectivity index (χ2v) is 8.42. The lowest BCUT2D eigenvalue weighted by Crippen LogP contribution is -2.33. The third-order valence-corrected chi connectivity index (χ3v) is 5.95. The molecule has 7 heteroatoms. The molecule has 0 aliphatic rings. The first kappa shape index (κ1) is 16.5. The normalized spacial score (nSPS) is 14.9. The van der Waals surface area contributed by atoms with E-state index in [1.807, 2.05) is 6.92 Å². The molecule has 1 N–H and O–H groups in total. The number of hydrogen-bond donors (Lipinski definition) is 1. The molecule has 0 spiro atoms. The molecule has 1 rings (SSSR count). The van der Waals surface area contributed by atoms with Gasteiger partial charge in [-0.2, -0.15) is 0 Å². The number of hydrogen-bond acceptors (Lipinski definition) is 4. The van der Waals surface area contributed by atoms with Crippen LogP contribution in [-0.4, -0.2) is 20.4 Å². The van der Waals surface area contributed by atoms with Crippen LogP contribution in [-0.2, 0) is 9.05 Å². The number of carbonyl (C=O) groups excluding carboxylic acids is 1. The maximum absolute atomic E-state index is 11.9. The van der Waals surface area contributed by atoms with Crippen molar-refractivity contribution in [2.75, 3.05) is 0 Å². The summed E-state index contributed by atoms with van der Waals surface area (Å²) in [5.74, 6) is 0.273. The van der Waals surface area contributed by atoms with E-state index in [1.54, 1.807) is 0 Å². The highest BCUT2D eigenvalue weighted by atomic mass is 35.7. The van der Waals surface area contributed by atoms with E-state index >= 15 is 0 Å². The molecule has 108 valence electrons. The standard InChI is InChI=1S/C12H18ClNO3S2/c1-4-8(2)5-9(3)14-12(15)10-6-11(18-7-10)19(13,16)17/h6-9H,4-5H2,1-3H3,(H,14,15).